The van der Waals surface area contributed by atoms with Gasteiger partial charge >= 0.3 is 5.69 Å². The number of hydrazone groups is 1. The topological polar surface area (TPSA) is 150 Å². The van der Waals surface area contributed by atoms with E-state index < -0.39 is 24.0 Å². The highest BCUT2D eigenvalue weighted by molar-refractivity contribution is 5.80. The van der Waals surface area contributed by atoms with Crippen LogP contribution in [0.15, 0.2) is 39.2 Å². The highest BCUT2D eigenvalue weighted by atomic mass is 16.3. The van der Waals surface area contributed by atoms with Crippen molar-refractivity contribution in [3.63, 3.8) is 0 Å². The summed E-state index contributed by atoms with van der Waals surface area (Å²) in [6, 6.07) is 3.50. The predicted octanol–water partition coefficient (Wildman–Crippen LogP) is -1.38. The SMILES string of the molecule is Cn1c(=O)[nH]c(=O)c2c1nc(N/N=C/c1ccncc1)n2C[C@@H](O)CO. The normalized spacial score (nSPS) is 12.7. The maximum atomic E-state index is 12.2. The van der Waals surface area contributed by atoms with Gasteiger partial charge in [0.15, 0.2) is 11.2 Å². The van der Waals surface area contributed by atoms with Gasteiger partial charge in [-0.05, 0) is 17.7 Å². The molecule has 11 nitrogen and oxygen atoms in total. The van der Waals surface area contributed by atoms with Crippen LogP contribution in [0.2, 0.25) is 0 Å². The summed E-state index contributed by atoms with van der Waals surface area (Å²) in [5.41, 5.74) is 2.44. The summed E-state index contributed by atoms with van der Waals surface area (Å²) in [5.74, 6) is 0.143. The van der Waals surface area contributed by atoms with Gasteiger partial charge < -0.3 is 14.8 Å². The summed E-state index contributed by atoms with van der Waals surface area (Å²) in [6.07, 6.45) is 3.64. The van der Waals surface area contributed by atoms with Gasteiger partial charge in [-0.1, -0.05) is 0 Å². The van der Waals surface area contributed by atoms with Crippen LogP contribution in [-0.4, -0.2) is 53.2 Å². The van der Waals surface area contributed by atoms with Crippen LogP contribution in [0.1, 0.15) is 5.56 Å². The molecule has 26 heavy (non-hydrogen) atoms. The summed E-state index contributed by atoms with van der Waals surface area (Å²) in [6.45, 7) is -0.607. The smallest absolute Gasteiger partial charge is 0.329 e. The van der Waals surface area contributed by atoms with E-state index in [1.807, 2.05) is 0 Å². The van der Waals surface area contributed by atoms with Gasteiger partial charge in [-0.25, -0.2) is 10.2 Å². The third kappa shape index (κ3) is 3.38. The van der Waals surface area contributed by atoms with Crippen molar-refractivity contribution in [2.75, 3.05) is 12.0 Å². The molecule has 0 bridgehead atoms. The Balaban J connectivity index is 2.05. The number of aryl methyl sites for hydroxylation is 1. The van der Waals surface area contributed by atoms with Gasteiger partial charge in [0.2, 0.25) is 5.95 Å². The van der Waals surface area contributed by atoms with Crippen LogP contribution in [-0.2, 0) is 13.6 Å². The molecule has 0 spiro atoms. The maximum absolute atomic E-state index is 12.2. The number of H-pyrrole nitrogens is 1. The standard InChI is InChI=1S/C15H17N7O4/c1-21-12-11(13(25)19-15(21)26)22(7-10(24)8-23)14(18-12)20-17-6-9-2-4-16-5-3-9/h2-6,10,23-24H,7-8H2,1H3,(H,18,20)(H,19,25,26)/b17-6+/t10-/m1/s1. The van der Waals surface area contributed by atoms with Crippen molar-refractivity contribution in [3.05, 3.63) is 50.9 Å². The second kappa shape index (κ2) is 7.29. The number of pyridine rings is 1. The van der Waals surface area contributed by atoms with Gasteiger partial charge in [0, 0.05) is 19.4 Å². The highest BCUT2D eigenvalue weighted by Gasteiger charge is 2.19. The van der Waals surface area contributed by atoms with E-state index in [0.717, 1.165) is 5.56 Å². The minimum atomic E-state index is -1.12. The number of nitrogens with one attached hydrogen (secondary N) is 2. The number of hydrogen-bond acceptors (Lipinski definition) is 8. The molecule has 0 radical (unpaired) electrons. The molecular weight excluding hydrogens is 342 g/mol. The first-order chi connectivity index (χ1) is 12.5. The van der Waals surface area contributed by atoms with Crippen molar-refractivity contribution in [1.29, 1.82) is 0 Å². The van der Waals surface area contributed by atoms with Crippen molar-refractivity contribution in [1.82, 2.24) is 24.1 Å². The largest absolute Gasteiger partial charge is 0.394 e. The first-order valence-corrected chi connectivity index (χ1v) is 7.69. The number of rotatable bonds is 6. The molecule has 0 saturated heterocycles. The molecule has 11 heteroatoms. The van der Waals surface area contributed by atoms with Crippen LogP contribution in [0.5, 0.6) is 0 Å². The van der Waals surface area contributed by atoms with E-state index >= 15 is 0 Å². The number of aromatic nitrogens is 5. The lowest BCUT2D eigenvalue weighted by Crippen LogP contribution is -2.30. The van der Waals surface area contributed by atoms with E-state index in [1.165, 1.54) is 22.4 Å². The highest BCUT2D eigenvalue weighted by Crippen LogP contribution is 2.16. The van der Waals surface area contributed by atoms with Gasteiger partial charge in [0.05, 0.1) is 25.5 Å². The van der Waals surface area contributed by atoms with Gasteiger partial charge in [-0.3, -0.25) is 19.3 Å². The van der Waals surface area contributed by atoms with E-state index in [1.54, 1.807) is 24.5 Å². The van der Waals surface area contributed by atoms with Gasteiger partial charge in [0.25, 0.3) is 5.56 Å². The number of fused-ring (bicyclic) bond motifs is 1. The molecular formula is C15H17N7O4. The Hall–Kier alpha value is -3.31. The van der Waals surface area contributed by atoms with Crippen LogP contribution in [0.4, 0.5) is 5.95 Å². The molecule has 136 valence electrons. The number of aliphatic hydroxyl groups excluding tert-OH is 2. The maximum Gasteiger partial charge on any atom is 0.329 e. The minimum Gasteiger partial charge on any atom is -0.394 e. The Kier molecular flexibility index (Phi) is 4.91. The fraction of sp³-hybridized carbons (Fsp3) is 0.267. The summed E-state index contributed by atoms with van der Waals surface area (Å²) < 4.78 is 2.54. The van der Waals surface area contributed by atoms with Crippen molar-refractivity contribution < 1.29 is 10.2 Å². The molecule has 0 aliphatic heterocycles. The van der Waals surface area contributed by atoms with E-state index in [-0.39, 0.29) is 23.7 Å². The Bertz CT molecular complexity index is 1050. The number of imidazole rings is 1. The number of hydrogen-bond donors (Lipinski definition) is 4. The van der Waals surface area contributed by atoms with E-state index in [0.29, 0.717) is 0 Å². The summed E-state index contributed by atoms with van der Waals surface area (Å²) in [5, 5.41) is 22.9. The van der Waals surface area contributed by atoms with Gasteiger partial charge in [0.1, 0.15) is 0 Å². The number of anilines is 1. The van der Waals surface area contributed by atoms with E-state index in [9.17, 15) is 14.7 Å². The van der Waals surface area contributed by atoms with Crippen molar-refractivity contribution >= 4 is 23.3 Å². The summed E-state index contributed by atoms with van der Waals surface area (Å²) in [7, 11) is 1.46. The third-order valence-electron chi connectivity index (χ3n) is 3.70. The van der Waals surface area contributed by atoms with Crippen molar-refractivity contribution in [2.45, 2.75) is 12.6 Å². The van der Waals surface area contributed by atoms with E-state index in [4.69, 9.17) is 5.11 Å². The fourth-order valence-electron chi connectivity index (χ4n) is 2.38. The third-order valence-corrected chi connectivity index (χ3v) is 3.70. The molecule has 3 rings (SSSR count). The van der Waals surface area contributed by atoms with Crippen LogP contribution in [0.3, 0.4) is 0 Å². The molecule has 0 aliphatic rings. The first-order valence-electron chi connectivity index (χ1n) is 7.69. The van der Waals surface area contributed by atoms with Gasteiger partial charge in [-0.2, -0.15) is 10.1 Å². The predicted molar refractivity (Wildman–Crippen MR) is 94.1 cm³/mol. The molecule has 4 N–H and O–H groups in total. The lowest BCUT2D eigenvalue weighted by atomic mass is 10.3. The second-order valence-electron chi connectivity index (χ2n) is 5.52. The molecule has 1 atom stereocenters. The summed E-state index contributed by atoms with van der Waals surface area (Å²) >= 11 is 0. The monoisotopic (exact) mass is 359 g/mol. The average Bonchev–Trinajstić information content (AvgIpc) is 2.99. The zero-order chi connectivity index (χ0) is 18.7. The van der Waals surface area contributed by atoms with Crippen LogP contribution in [0.25, 0.3) is 11.2 Å². The molecule has 3 aromatic rings. The molecule has 0 fully saturated rings. The Labute approximate surface area is 146 Å². The van der Waals surface area contributed by atoms with Crippen LogP contribution < -0.4 is 16.7 Å². The molecule has 0 unspecified atom stereocenters. The molecule has 0 amide bonds. The zero-order valence-electron chi connectivity index (χ0n) is 13.8. The first kappa shape index (κ1) is 17.5. The lowest BCUT2D eigenvalue weighted by molar-refractivity contribution is 0.0825. The van der Waals surface area contributed by atoms with Crippen molar-refractivity contribution in [3.8, 4) is 0 Å². The summed E-state index contributed by atoms with van der Waals surface area (Å²) in [4.78, 5) is 34.3. The number of nitrogens with zero attached hydrogens (tertiary/aromatic N) is 5. The molecule has 3 heterocycles. The molecule has 3 aromatic heterocycles. The quantitative estimate of drug-likeness (QED) is 0.313. The Morgan fingerprint density at radius 2 is 2.12 bits per heavy atom. The lowest BCUT2D eigenvalue weighted by Gasteiger charge is -2.11. The van der Waals surface area contributed by atoms with Crippen LogP contribution in [0, 0.1) is 0 Å². The van der Waals surface area contributed by atoms with Gasteiger partial charge in [-0.15, -0.1) is 0 Å². The molecule has 0 aliphatic carbocycles. The fourth-order valence-corrected chi connectivity index (χ4v) is 2.38. The second-order valence-corrected chi connectivity index (χ2v) is 5.52. The number of aliphatic hydroxyl groups is 2. The number of aromatic amines is 1. The molecule has 0 aromatic carbocycles. The Morgan fingerprint density at radius 3 is 2.81 bits per heavy atom. The Morgan fingerprint density at radius 1 is 1.38 bits per heavy atom. The minimum absolute atomic E-state index is 0.0845. The van der Waals surface area contributed by atoms with Crippen LogP contribution >= 0.6 is 0 Å². The molecule has 0 saturated carbocycles. The van der Waals surface area contributed by atoms with E-state index in [2.05, 4.69) is 25.5 Å². The zero-order valence-corrected chi connectivity index (χ0v) is 13.8. The van der Waals surface area contributed by atoms with Crippen molar-refractivity contribution in [2.24, 2.45) is 12.1 Å². The average molecular weight is 359 g/mol.